The number of fused-ring (bicyclic) bond motifs is 1. The van der Waals surface area contributed by atoms with Crippen LogP contribution in [0.5, 0.6) is 0 Å². The first-order chi connectivity index (χ1) is 10.9. The zero-order valence-electron chi connectivity index (χ0n) is 13.2. The van der Waals surface area contributed by atoms with Crippen molar-refractivity contribution in [3.63, 3.8) is 0 Å². The van der Waals surface area contributed by atoms with E-state index in [0.717, 1.165) is 16.7 Å². The average molecular weight is 314 g/mol. The Balaban J connectivity index is 2.28. The normalized spacial score (nSPS) is 11.1. The number of nitrogens with one attached hydrogen (secondary N) is 2. The van der Waals surface area contributed by atoms with E-state index in [1.54, 1.807) is 11.6 Å². The monoisotopic (exact) mass is 314 g/mol. The zero-order valence-corrected chi connectivity index (χ0v) is 13.2. The first kappa shape index (κ1) is 15.0. The quantitative estimate of drug-likeness (QED) is 0.478. The Morgan fingerprint density at radius 1 is 1.30 bits per heavy atom. The Bertz CT molecular complexity index is 1010. The second-order valence-corrected chi connectivity index (χ2v) is 5.59. The molecule has 23 heavy (non-hydrogen) atoms. The number of aromatic nitrogens is 4. The summed E-state index contributed by atoms with van der Waals surface area (Å²) in [6.07, 6.45) is 0. The maximum absolute atomic E-state index is 12.2. The summed E-state index contributed by atoms with van der Waals surface area (Å²) in [6.45, 7) is 4.43. The highest BCUT2D eigenvalue weighted by molar-refractivity contribution is 5.74. The predicted molar refractivity (Wildman–Crippen MR) is 88.4 cm³/mol. The van der Waals surface area contributed by atoms with Gasteiger partial charge in [-0.1, -0.05) is 23.8 Å². The maximum atomic E-state index is 12.2. The summed E-state index contributed by atoms with van der Waals surface area (Å²) >= 11 is 0. The number of imidazole rings is 1. The van der Waals surface area contributed by atoms with Gasteiger partial charge >= 0.3 is 5.69 Å². The Kier molecular flexibility index (Phi) is 3.53. The van der Waals surface area contributed by atoms with Crippen LogP contribution in [0.25, 0.3) is 11.2 Å². The van der Waals surface area contributed by atoms with E-state index in [1.807, 2.05) is 26.0 Å². The number of benzene rings is 1. The Labute approximate surface area is 131 Å². The number of aryl methyl sites for hydroxylation is 3. The van der Waals surface area contributed by atoms with Gasteiger partial charge < -0.3 is 0 Å². The molecule has 0 aliphatic heterocycles. The van der Waals surface area contributed by atoms with Gasteiger partial charge in [0, 0.05) is 7.05 Å². The smallest absolute Gasteiger partial charge is 0.299 e. The fourth-order valence-electron chi connectivity index (χ4n) is 2.64. The molecule has 8 nitrogen and oxygen atoms in total. The van der Waals surface area contributed by atoms with E-state index < -0.39 is 11.2 Å². The molecular formula is C15H18N6O2. The molecule has 3 rings (SSSR count). The minimum atomic E-state index is -0.512. The van der Waals surface area contributed by atoms with Crippen molar-refractivity contribution in [2.75, 3.05) is 5.43 Å². The fourth-order valence-corrected chi connectivity index (χ4v) is 2.64. The van der Waals surface area contributed by atoms with Crippen LogP contribution in [0.1, 0.15) is 16.7 Å². The van der Waals surface area contributed by atoms with Gasteiger partial charge in [-0.05, 0) is 25.0 Å². The lowest BCUT2D eigenvalue weighted by atomic mass is 10.1. The van der Waals surface area contributed by atoms with E-state index in [1.165, 1.54) is 4.57 Å². The molecule has 0 fully saturated rings. The van der Waals surface area contributed by atoms with Crippen LogP contribution in [0.15, 0.2) is 27.8 Å². The first-order valence-corrected chi connectivity index (χ1v) is 7.14. The molecule has 3 aromatic rings. The highest BCUT2D eigenvalue weighted by Gasteiger charge is 2.17. The number of H-pyrrole nitrogens is 1. The number of hydrogen-bond donors (Lipinski definition) is 3. The topological polar surface area (TPSA) is 111 Å². The molecule has 0 atom stereocenters. The van der Waals surface area contributed by atoms with Gasteiger partial charge in [-0.25, -0.2) is 10.6 Å². The SMILES string of the molecule is Cc1ccc(C)c(Cn2c(NN)nc3c2c(=O)[nH]c(=O)n3C)c1. The lowest BCUT2D eigenvalue weighted by Gasteiger charge is -2.11. The highest BCUT2D eigenvalue weighted by atomic mass is 16.2. The lowest BCUT2D eigenvalue weighted by Crippen LogP contribution is -2.29. The average Bonchev–Trinajstić information content (AvgIpc) is 2.88. The standard InChI is InChI=1S/C15H18N6O2/c1-8-4-5-9(2)10(6-8)7-21-11-12(17-14(21)19-16)20(3)15(23)18-13(11)22/h4-6H,7,16H2,1-3H3,(H,17,19)(H,18,22,23). The minimum absolute atomic E-state index is 0.289. The number of nitrogens with zero attached hydrogens (tertiary/aromatic N) is 3. The van der Waals surface area contributed by atoms with Gasteiger partial charge in [-0.2, -0.15) is 4.98 Å². The van der Waals surface area contributed by atoms with Crippen LogP contribution in [-0.2, 0) is 13.6 Å². The van der Waals surface area contributed by atoms with Gasteiger partial charge in [0.25, 0.3) is 5.56 Å². The first-order valence-electron chi connectivity index (χ1n) is 7.14. The molecule has 1 aromatic carbocycles. The van der Waals surface area contributed by atoms with Gasteiger partial charge in [0.05, 0.1) is 6.54 Å². The second kappa shape index (κ2) is 5.40. The maximum Gasteiger partial charge on any atom is 0.329 e. The van der Waals surface area contributed by atoms with Crippen molar-refractivity contribution >= 4 is 17.1 Å². The van der Waals surface area contributed by atoms with Crippen LogP contribution in [0, 0.1) is 13.8 Å². The van der Waals surface area contributed by atoms with Gasteiger partial charge in [-0.3, -0.25) is 24.3 Å². The van der Waals surface area contributed by atoms with Gasteiger partial charge in [-0.15, -0.1) is 0 Å². The van der Waals surface area contributed by atoms with Gasteiger partial charge in [0.1, 0.15) is 0 Å². The largest absolute Gasteiger partial charge is 0.329 e. The second-order valence-electron chi connectivity index (χ2n) is 5.59. The molecule has 4 N–H and O–H groups in total. The van der Waals surface area contributed by atoms with Crippen molar-refractivity contribution in [2.24, 2.45) is 12.9 Å². The number of rotatable bonds is 3. The van der Waals surface area contributed by atoms with E-state index in [-0.39, 0.29) is 5.65 Å². The van der Waals surface area contributed by atoms with Crippen LogP contribution in [0.2, 0.25) is 0 Å². The molecule has 0 bridgehead atoms. The van der Waals surface area contributed by atoms with E-state index in [9.17, 15) is 9.59 Å². The number of hydrazine groups is 1. The molecule has 0 spiro atoms. The molecule has 0 aliphatic carbocycles. The number of nitrogens with two attached hydrogens (primary N) is 1. The number of nitrogen functional groups attached to an aromatic ring is 1. The number of anilines is 1. The third-order valence-electron chi connectivity index (χ3n) is 3.97. The van der Waals surface area contributed by atoms with Crippen molar-refractivity contribution in [3.05, 3.63) is 55.7 Å². The molecule has 2 heterocycles. The van der Waals surface area contributed by atoms with Gasteiger partial charge in [0.2, 0.25) is 5.95 Å². The fraction of sp³-hybridized carbons (Fsp3) is 0.267. The molecule has 8 heteroatoms. The number of aromatic amines is 1. The molecule has 0 aliphatic rings. The van der Waals surface area contributed by atoms with Crippen molar-refractivity contribution in [1.29, 1.82) is 0 Å². The molecule has 0 saturated carbocycles. The van der Waals surface area contributed by atoms with Gasteiger partial charge in [0.15, 0.2) is 11.2 Å². The zero-order chi connectivity index (χ0) is 16.7. The lowest BCUT2D eigenvalue weighted by molar-refractivity contribution is 0.804. The predicted octanol–water partition coefficient (Wildman–Crippen LogP) is 0.374. The Hall–Kier alpha value is -2.87. The summed E-state index contributed by atoms with van der Waals surface area (Å²) in [6, 6.07) is 6.11. The van der Waals surface area contributed by atoms with Crippen LogP contribution in [0.4, 0.5) is 5.95 Å². The molecular weight excluding hydrogens is 296 g/mol. The van der Waals surface area contributed by atoms with Crippen LogP contribution >= 0.6 is 0 Å². The van der Waals surface area contributed by atoms with Crippen molar-refractivity contribution in [2.45, 2.75) is 20.4 Å². The number of hydrogen-bond acceptors (Lipinski definition) is 5. The van der Waals surface area contributed by atoms with Crippen LogP contribution in [0.3, 0.4) is 0 Å². The molecule has 0 amide bonds. The van der Waals surface area contributed by atoms with E-state index >= 15 is 0 Å². The third kappa shape index (κ3) is 2.42. The summed E-state index contributed by atoms with van der Waals surface area (Å²) < 4.78 is 2.96. The van der Waals surface area contributed by atoms with Crippen molar-refractivity contribution < 1.29 is 0 Å². The highest BCUT2D eigenvalue weighted by Crippen LogP contribution is 2.19. The molecule has 0 unspecified atom stereocenters. The summed E-state index contributed by atoms with van der Waals surface area (Å²) in [5.74, 6) is 5.87. The summed E-state index contributed by atoms with van der Waals surface area (Å²) in [7, 11) is 1.55. The van der Waals surface area contributed by atoms with Crippen LogP contribution < -0.4 is 22.5 Å². The molecule has 2 aromatic heterocycles. The van der Waals surface area contributed by atoms with E-state index in [0.29, 0.717) is 18.0 Å². The minimum Gasteiger partial charge on any atom is -0.299 e. The molecule has 0 radical (unpaired) electrons. The van der Waals surface area contributed by atoms with Crippen molar-refractivity contribution in [1.82, 2.24) is 19.1 Å². The third-order valence-corrected chi connectivity index (χ3v) is 3.97. The van der Waals surface area contributed by atoms with Crippen LogP contribution in [-0.4, -0.2) is 19.1 Å². The summed E-state index contributed by atoms with van der Waals surface area (Å²) in [5.41, 5.74) is 5.37. The molecule has 0 saturated heterocycles. The summed E-state index contributed by atoms with van der Waals surface area (Å²) in [4.78, 5) is 30.5. The van der Waals surface area contributed by atoms with E-state index in [2.05, 4.69) is 21.5 Å². The Morgan fingerprint density at radius 2 is 2.04 bits per heavy atom. The van der Waals surface area contributed by atoms with Crippen molar-refractivity contribution in [3.8, 4) is 0 Å². The van der Waals surface area contributed by atoms with E-state index in [4.69, 9.17) is 5.84 Å². The molecule has 120 valence electrons. The Morgan fingerprint density at radius 3 is 2.74 bits per heavy atom. The summed E-state index contributed by atoms with van der Waals surface area (Å²) in [5, 5.41) is 0.